The fourth-order valence-electron chi connectivity index (χ4n) is 3.77. The van der Waals surface area contributed by atoms with Crippen molar-refractivity contribution in [2.45, 2.75) is 11.4 Å². The fourth-order valence-corrected chi connectivity index (χ4v) is 5.61. The molecule has 0 aliphatic heterocycles. The minimum absolute atomic E-state index is 0.0461. The topological polar surface area (TPSA) is 111 Å². The van der Waals surface area contributed by atoms with E-state index in [0.717, 1.165) is 17.3 Å². The van der Waals surface area contributed by atoms with E-state index in [1.807, 2.05) is 30.3 Å². The molecule has 9 nitrogen and oxygen atoms in total. The number of rotatable bonds is 6. The Morgan fingerprint density at radius 1 is 0.909 bits per heavy atom. The van der Waals surface area contributed by atoms with Gasteiger partial charge >= 0.3 is 5.69 Å². The Kier molecular flexibility index (Phi) is 5.14. The van der Waals surface area contributed by atoms with Crippen molar-refractivity contribution in [3.8, 4) is 0 Å². The lowest BCUT2D eigenvalue weighted by Gasteiger charge is -2.15. The molecule has 2 aromatic heterocycles. The number of nitrogens with one attached hydrogen (secondary N) is 2. The molecule has 5 rings (SSSR count). The van der Waals surface area contributed by atoms with Crippen LogP contribution in [0.2, 0.25) is 0 Å². The van der Waals surface area contributed by atoms with Gasteiger partial charge in [0.2, 0.25) is 0 Å². The number of aryl methyl sites for hydroxylation is 2. The minimum atomic E-state index is -3.98. The molecule has 2 heterocycles. The zero-order chi connectivity index (χ0) is 23.2. The summed E-state index contributed by atoms with van der Waals surface area (Å²) >= 11 is 0.961. The molecule has 0 aliphatic rings. The lowest BCUT2D eigenvalue weighted by molar-refractivity contribution is 0.602. The monoisotopic (exact) mass is 480 g/mol. The van der Waals surface area contributed by atoms with E-state index >= 15 is 0 Å². The summed E-state index contributed by atoms with van der Waals surface area (Å²) in [6, 6.07) is 18.1. The van der Waals surface area contributed by atoms with Crippen molar-refractivity contribution in [1.29, 1.82) is 0 Å². The van der Waals surface area contributed by atoms with Crippen LogP contribution in [0.1, 0.15) is 5.56 Å². The van der Waals surface area contributed by atoms with Gasteiger partial charge in [-0.1, -0.05) is 36.4 Å². The van der Waals surface area contributed by atoms with E-state index in [-0.39, 0.29) is 10.6 Å². The number of aromatic nitrogens is 4. The van der Waals surface area contributed by atoms with Crippen molar-refractivity contribution in [1.82, 2.24) is 17.9 Å². The average Bonchev–Trinajstić information content (AvgIpc) is 3.37. The molecule has 0 bridgehead atoms. The van der Waals surface area contributed by atoms with E-state index in [4.69, 9.17) is 0 Å². The summed E-state index contributed by atoms with van der Waals surface area (Å²) in [5, 5.41) is 3.31. The minimum Gasteiger partial charge on any atom is -0.379 e. The highest BCUT2D eigenvalue weighted by Gasteiger charge is 2.22. The van der Waals surface area contributed by atoms with E-state index in [0.29, 0.717) is 40.0 Å². The third-order valence-electron chi connectivity index (χ3n) is 5.52. The van der Waals surface area contributed by atoms with Crippen LogP contribution < -0.4 is 15.7 Å². The third kappa shape index (κ3) is 3.74. The molecule has 11 heteroatoms. The average molecular weight is 481 g/mol. The number of sulfonamides is 1. The van der Waals surface area contributed by atoms with Gasteiger partial charge in [0.25, 0.3) is 10.0 Å². The van der Waals surface area contributed by atoms with Gasteiger partial charge in [0, 0.05) is 20.6 Å². The van der Waals surface area contributed by atoms with Gasteiger partial charge in [-0.15, -0.1) is 0 Å². The normalized spacial score (nSPS) is 11.8. The van der Waals surface area contributed by atoms with Gasteiger partial charge in [0.05, 0.1) is 34.1 Å². The van der Waals surface area contributed by atoms with Crippen molar-refractivity contribution < 1.29 is 8.42 Å². The zero-order valence-electron chi connectivity index (χ0n) is 17.8. The van der Waals surface area contributed by atoms with Gasteiger partial charge in [0.1, 0.15) is 15.9 Å². The highest BCUT2D eigenvalue weighted by Crippen LogP contribution is 2.31. The second-order valence-corrected chi connectivity index (χ2v) is 9.80. The van der Waals surface area contributed by atoms with Crippen LogP contribution >= 0.6 is 11.7 Å². The highest BCUT2D eigenvalue weighted by molar-refractivity contribution is 7.93. The molecule has 0 spiro atoms. The Bertz CT molecular complexity index is 1650. The van der Waals surface area contributed by atoms with Gasteiger partial charge in [-0.2, -0.15) is 8.75 Å². The maximum Gasteiger partial charge on any atom is 0.328 e. The number of anilines is 2. The quantitative estimate of drug-likeness (QED) is 0.386. The Labute approximate surface area is 193 Å². The Hall–Kier alpha value is -3.70. The second-order valence-electron chi connectivity index (χ2n) is 7.62. The Morgan fingerprint density at radius 3 is 2.33 bits per heavy atom. The van der Waals surface area contributed by atoms with Gasteiger partial charge in [-0.3, -0.25) is 13.9 Å². The van der Waals surface area contributed by atoms with E-state index < -0.39 is 10.0 Å². The highest BCUT2D eigenvalue weighted by atomic mass is 32.2. The predicted octanol–water partition coefficient (Wildman–Crippen LogP) is 3.29. The summed E-state index contributed by atoms with van der Waals surface area (Å²) < 4.78 is 40.7. The zero-order valence-corrected chi connectivity index (χ0v) is 19.4. The van der Waals surface area contributed by atoms with Crippen LogP contribution in [0.3, 0.4) is 0 Å². The van der Waals surface area contributed by atoms with Crippen LogP contribution in [0, 0.1) is 0 Å². The van der Waals surface area contributed by atoms with Crippen LogP contribution in [0.4, 0.5) is 11.4 Å². The number of hydrogen-bond acceptors (Lipinski definition) is 7. The molecule has 0 amide bonds. The van der Waals surface area contributed by atoms with Crippen molar-refractivity contribution in [2.75, 3.05) is 10.0 Å². The molecular weight excluding hydrogens is 460 g/mol. The number of nitrogens with zero attached hydrogens (tertiary/aromatic N) is 4. The summed E-state index contributed by atoms with van der Waals surface area (Å²) in [5.74, 6) is 0. The molecule has 0 radical (unpaired) electrons. The standard InChI is InChI=1S/C22H20N6O3S2/c1-27-18-11-16(23-13-14-7-4-3-5-8-14)17(12-19(18)28(2)22(27)29)26-33(30,31)20-10-6-9-15-21(20)25-32-24-15/h3-12,23,26H,13H2,1-2H3. The maximum absolute atomic E-state index is 13.4. The summed E-state index contributed by atoms with van der Waals surface area (Å²) in [7, 11) is -0.640. The van der Waals surface area contributed by atoms with Crippen LogP contribution in [0.15, 0.2) is 70.4 Å². The Morgan fingerprint density at radius 2 is 1.61 bits per heavy atom. The smallest absolute Gasteiger partial charge is 0.328 e. The molecule has 2 N–H and O–H groups in total. The second kappa shape index (κ2) is 8.01. The first-order valence-electron chi connectivity index (χ1n) is 10.1. The first-order valence-corrected chi connectivity index (χ1v) is 12.3. The molecule has 33 heavy (non-hydrogen) atoms. The lowest BCUT2D eigenvalue weighted by Crippen LogP contribution is -2.19. The van der Waals surface area contributed by atoms with Gasteiger partial charge in [-0.05, 0) is 29.8 Å². The van der Waals surface area contributed by atoms with Crippen LogP contribution in [-0.4, -0.2) is 26.3 Å². The van der Waals surface area contributed by atoms with Crippen molar-refractivity contribution in [2.24, 2.45) is 14.1 Å². The molecule has 3 aromatic carbocycles. The lowest BCUT2D eigenvalue weighted by atomic mass is 10.2. The maximum atomic E-state index is 13.4. The molecule has 5 aromatic rings. The predicted molar refractivity (Wildman–Crippen MR) is 130 cm³/mol. The van der Waals surface area contributed by atoms with E-state index in [1.54, 1.807) is 38.4 Å². The van der Waals surface area contributed by atoms with E-state index in [1.165, 1.54) is 15.2 Å². The Balaban J connectivity index is 1.61. The SMILES string of the molecule is Cn1c(=O)n(C)c2cc(NS(=O)(=O)c3cccc4nsnc34)c(NCc3ccccc3)cc21. The van der Waals surface area contributed by atoms with Crippen LogP contribution in [-0.2, 0) is 30.7 Å². The molecule has 168 valence electrons. The van der Waals surface area contributed by atoms with Gasteiger partial charge < -0.3 is 5.32 Å². The molecular formula is C22H20N6O3S2. The van der Waals surface area contributed by atoms with Gasteiger partial charge in [-0.25, -0.2) is 13.2 Å². The summed E-state index contributed by atoms with van der Waals surface area (Å²) in [6.07, 6.45) is 0. The van der Waals surface area contributed by atoms with E-state index in [9.17, 15) is 13.2 Å². The molecule has 0 aliphatic carbocycles. The van der Waals surface area contributed by atoms with Crippen molar-refractivity contribution >= 4 is 55.2 Å². The van der Waals surface area contributed by atoms with Gasteiger partial charge in [0.15, 0.2) is 0 Å². The summed E-state index contributed by atoms with van der Waals surface area (Å²) in [5.41, 5.74) is 3.86. The third-order valence-corrected chi connectivity index (χ3v) is 7.46. The fraction of sp³-hybridized carbons (Fsp3) is 0.136. The van der Waals surface area contributed by atoms with Crippen LogP contribution in [0.5, 0.6) is 0 Å². The molecule has 0 saturated heterocycles. The van der Waals surface area contributed by atoms with Crippen LogP contribution in [0.25, 0.3) is 22.1 Å². The number of imidazole rings is 1. The number of fused-ring (bicyclic) bond motifs is 2. The molecule has 0 saturated carbocycles. The molecule has 0 unspecified atom stereocenters. The number of hydrogen-bond donors (Lipinski definition) is 2. The first-order chi connectivity index (χ1) is 15.8. The number of benzene rings is 3. The largest absolute Gasteiger partial charge is 0.379 e. The van der Waals surface area contributed by atoms with Crippen molar-refractivity contribution in [3.05, 3.63) is 76.7 Å². The molecule has 0 fully saturated rings. The van der Waals surface area contributed by atoms with Crippen molar-refractivity contribution in [3.63, 3.8) is 0 Å². The first kappa shape index (κ1) is 21.2. The van der Waals surface area contributed by atoms with E-state index in [2.05, 4.69) is 18.8 Å². The summed E-state index contributed by atoms with van der Waals surface area (Å²) in [6.45, 7) is 0.480. The summed E-state index contributed by atoms with van der Waals surface area (Å²) in [4.78, 5) is 12.5. The molecule has 0 atom stereocenters.